The van der Waals surface area contributed by atoms with Crippen LogP contribution in [0, 0.1) is 5.82 Å². The fraction of sp³-hybridized carbons (Fsp3) is 0.333. The minimum Gasteiger partial charge on any atom is -0.469 e. The summed E-state index contributed by atoms with van der Waals surface area (Å²) >= 11 is 5.59. The molecule has 1 atom stereocenters. The van der Waals surface area contributed by atoms with Gasteiger partial charge >= 0.3 is 12.0 Å². The first-order valence-electron chi connectivity index (χ1n) is 5.51. The van der Waals surface area contributed by atoms with Crippen molar-refractivity contribution in [3.63, 3.8) is 0 Å². The zero-order chi connectivity index (χ0) is 14.4. The number of rotatable bonds is 4. The molecule has 7 heteroatoms. The number of esters is 1. The van der Waals surface area contributed by atoms with Gasteiger partial charge in [0.05, 0.1) is 19.2 Å². The smallest absolute Gasteiger partial charge is 0.319 e. The molecule has 1 aromatic carbocycles. The van der Waals surface area contributed by atoms with Gasteiger partial charge in [0, 0.05) is 11.1 Å². The lowest BCUT2D eigenvalue weighted by molar-refractivity contribution is -0.141. The van der Waals surface area contributed by atoms with Crippen molar-refractivity contribution >= 4 is 29.3 Å². The lowest BCUT2D eigenvalue weighted by atomic mass is 10.2. The molecule has 0 bridgehead atoms. The Labute approximate surface area is 115 Å². The van der Waals surface area contributed by atoms with Crippen LogP contribution in [0.15, 0.2) is 18.2 Å². The molecule has 0 saturated carbocycles. The van der Waals surface area contributed by atoms with E-state index in [9.17, 15) is 14.0 Å². The maximum atomic E-state index is 13.4. The van der Waals surface area contributed by atoms with Crippen molar-refractivity contribution in [2.24, 2.45) is 0 Å². The van der Waals surface area contributed by atoms with Gasteiger partial charge in [-0.3, -0.25) is 4.79 Å². The Balaban J connectivity index is 2.53. The zero-order valence-corrected chi connectivity index (χ0v) is 11.3. The molecule has 19 heavy (non-hydrogen) atoms. The summed E-state index contributed by atoms with van der Waals surface area (Å²) in [5.74, 6) is -1.08. The number of hydrogen-bond donors (Lipinski definition) is 2. The van der Waals surface area contributed by atoms with Gasteiger partial charge in [-0.05, 0) is 25.1 Å². The first kappa shape index (κ1) is 15.2. The third-order valence-electron chi connectivity index (χ3n) is 2.26. The molecule has 0 fully saturated rings. The molecule has 0 aromatic heterocycles. The highest BCUT2D eigenvalue weighted by Crippen LogP contribution is 2.18. The Morgan fingerprint density at radius 1 is 1.47 bits per heavy atom. The van der Waals surface area contributed by atoms with E-state index in [2.05, 4.69) is 15.4 Å². The number of carbonyl (C=O) groups excluding carboxylic acids is 2. The SMILES string of the molecule is COC(=O)C[C@H](C)NC(=O)Nc1ccc(Cl)cc1F. The molecular formula is C12H14ClFN2O3. The third kappa shape index (κ3) is 5.13. The predicted octanol–water partition coefficient (Wildman–Crippen LogP) is 2.55. The lowest BCUT2D eigenvalue weighted by Gasteiger charge is -2.13. The number of ether oxygens (including phenoxy) is 1. The van der Waals surface area contributed by atoms with Gasteiger partial charge in [-0.15, -0.1) is 0 Å². The average molecular weight is 289 g/mol. The molecule has 5 nitrogen and oxygen atoms in total. The highest BCUT2D eigenvalue weighted by atomic mass is 35.5. The van der Waals surface area contributed by atoms with Crippen molar-refractivity contribution in [3.8, 4) is 0 Å². The van der Waals surface area contributed by atoms with Crippen molar-refractivity contribution in [2.75, 3.05) is 12.4 Å². The highest BCUT2D eigenvalue weighted by molar-refractivity contribution is 6.30. The second-order valence-electron chi connectivity index (χ2n) is 3.90. The zero-order valence-electron chi connectivity index (χ0n) is 10.5. The first-order chi connectivity index (χ1) is 8.92. The summed E-state index contributed by atoms with van der Waals surface area (Å²) in [4.78, 5) is 22.5. The van der Waals surface area contributed by atoms with E-state index in [-0.39, 0.29) is 17.1 Å². The number of urea groups is 1. The quantitative estimate of drug-likeness (QED) is 0.837. The van der Waals surface area contributed by atoms with E-state index in [4.69, 9.17) is 11.6 Å². The summed E-state index contributed by atoms with van der Waals surface area (Å²) in [5.41, 5.74) is 0.00664. The Kier molecular flexibility index (Phi) is 5.57. The van der Waals surface area contributed by atoms with E-state index in [0.717, 1.165) is 6.07 Å². The van der Waals surface area contributed by atoms with Gasteiger partial charge in [-0.2, -0.15) is 0 Å². The maximum absolute atomic E-state index is 13.4. The molecule has 0 aliphatic rings. The average Bonchev–Trinajstić information content (AvgIpc) is 2.32. The van der Waals surface area contributed by atoms with Gasteiger partial charge < -0.3 is 15.4 Å². The van der Waals surface area contributed by atoms with Gasteiger partial charge in [0.15, 0.2) is 0 Å². The van der Waals surface area contributed by atoms with Crippen LogP contribution in [0.2, 0.25) is 5.02 Å². The van der Waals surface area contributed by atoms with Gasteiger partial charge in [-0.1, -0.05) is 11.6 Å². The van der Waals surface area contributed by atoms with Crippen molar-refractivity contribution in [3.05, 3.63) is 29.0 Å². The second-order valence-corrected chi connectivity index (χ2v) is 4.34. The van der Waals surface area contributed by atoms with Crippen molar-refractivity contribution < 1.29 is 18.7 Å². The van der Waals surface area contributed by atoms with Crippen molar-refractivity contribution in [2.45, 2.75) is 19.4 Å². The van der Waals surface area contributed by atoms with Crippen LogP contribution in [-0.2, 0) is 9.53 Å². The number of carbonyl (C=O) groups is 2. The Hall–Kier alpha value is -1.82. The summed E-state index contributed by atoms with van der Waals surface area (Å²) in [6.45, 7) is 1.63. The van der Waals surface area contributed by atoms with Crippen LogP contribution in [0.3, 0.4) is 0 Å². The third-order valence-corrected chi connectivity index (χ3v) is 2.49. The normalized spacial score (nSPS) is 11.6. The number of anilines is 1. The van der Waals surface area contributed by atoms with Crippen LogP contribution in [-0.4, -0.2) is 25.2 Å². The number of amides is 2. The highest BCUT2D eigenvalue weighted by Gasteiger charge is 2.13. The molecule has 0 aliphatic carbocycles. The van der Waals surface area contributed by atoms with E-state index >= 15 is 0 Å². The van der Waals surface area contributed by atoms with Crippen LogP contribution >= 0.6 is 11.6 Å². The van der Waals surface area contributed by atoms with Gasteiger partial charge in [-0.25, -0.2) is 9.18 Å². The molecule has 1 rings (SSSR count). The monoisotopic (exact) mass is 288 g/mol. The number of benzene rings is 1. The van der Waals surface area contributed by atoms with Gasteiger partial charge in [0.25, 0.3) is 0 Å². The number of hydrogen-bond acceptors (Lipinski definition) is 3. The molecule has 0 spiro atoms. The molecule has 2 N–H and O–H groups in total. The molecule has 0 heterocycles. The van der Waals surface area contributed by atoms with E-state index < -0.39 is 23.9 Å². The minimum absolute atomic E-state index is 0.00664. The van der Waals surface area contributed by atoms with E-state index in [1.54, 1.807) is 6.92 Å². The summed E-state index contributed by atoms with van der Waals surface area (Å²) in [7, 11) is 1.26. The summed E-state index contributed by atoms with van der Waals surface area (Å²) < 4.78 is 17.9. The largest absolute Gasteiger partial charge is 0.469 e. The Bertz CT molecular complexity index is 482. The minimum atomic E-state index is -0.636. The molecule has 0 unspecified atom stereocenters. The van der Waals surface area contributed by atoms with Crippen LogP contribution in [0.5, 0.6) is 0 Å². The Morgan fingerprint density at radius 3 is 2.74 bits per heavy atom. The van der Waals surface area contributed by atoms with Gasteiger partial charge in [0.1, 0.15) is 5.82 Å². The van der Waals surface area contributed by atoms with Crippen LogP contribution in [0.4, 0.5) is 14.9 Å². The maximum Gasteiger partial charge on any atom is 0.319 e. The van der Waals surface area contributed by atoms with Crippen molar-refractivity contribution in [1.82, 2.24) is 5.32 Å². The van der Waals surface area contributed by atoms with E-state index in [1.807, 2.05) is 0 Å². The first-order valence-corrected chi connectivity index (χ1v) is 5.89. The topological polar surface area (TPSA) is 67.4 Å². The molecule has 1 aromatic rings. The van der Waals surface area contributed by atoms with Crippen LogP contribution in [0.25, 0.3) is 0 Å². The number of nitrogens with one attached hydrogen (secondary N) is 2. The van der Waals surface area contributed by atoms with Crippen LogP contribution in [0.1, 0.15) is 13.3 Å². The standard InChI is InChI=1S/C12H14ClFN2O3/c1-7(5-11(17)19-2)15-12(18)16-10-4-3-8(13)6-9(10)14/h3-4,6-7H,5H2,1-2H3,(H2,15,16,18)/t7-/m0/s1. The van der Waals surface area contributed by atoms with Gasteiger partial charge in [0.2, 0.25) is 0 Å². The summed E-state index contributed by atoms with van der Waals surface area (Å²) in [5, 5.41) is 5.05. The molecule has 0 saturated heterocycles. The molecule has 0 radical (unpaired) electrons. The van der Waals surface area contributed by atoms with E-state index in [1.165, 1.54) is 19.2 Å². The lowest BCUT2D eigenvalue weighted by Crippen LogP contribution is -2.37. The summed E-state index contributed by atoms with van der Waals surface area (Å²) in [6, 6.07) is 2.86. The number of methoxy groups -OCH3 is 1. The molecule has 2 amide bonds. The molecular weight excluding hydrogens is 275 g/mol. The second kappa shape index (κ2) is 6.94. The Morgan fingerprint density at radius 2 is 2.16 bits per heavy atom. The summed E-state index contributed by atoms with van der Waals surface area (Å²) in [6.07, 6.45) is 0.0347. The van der Waals surface area contributed by atoms with Crippen LogP contribution < -0.4 is 10.6 Å². The fourth-order valence-electron chi connectivity index (χ4n) is 1.36. The molecule has 0 aliphatic heterocycles. The van der Waals surface area contributed by atoms with E-state index in [0.29, 0.717) is 0 Å². The predicted molar refractivity (Wildman–Crippen MR) is 69.7 cm³/mol. The fourth-order valence-corrected chi connectivity index (χ4v) is 1.52. The molecule has 104 valence electrons. The van der Waals surface area contributed by atoms with Crippen molar-refractivity contribution in [1.29, 1.82) is 0 Å². The number of halogens is 2.